The molecule has 0 aliphatic heterocycles. The van der Waals surface area contributed by atoms with E-state index < -0.39 is 0 Å². The van der Waals surface area contributed by atoms with Crippen LogP contribution in [0.2, 0.25) is 0 Å². The van der Waals surface area contributed by atoms with Gasteiger partial charge in [0, 0.05) is 10.7 Å². The van der Waals surface area contributed by atoms with E-state index in [0.29, 0.717) is 17.0 Å². The molecule has 0 fully saturated rings. The van der Waals surface area contributed by atoms with Gasteiger partial charge in [0.2, 0.25) is 0 Å². The minimum absolute atomic E-state index is 0.246. The van der Waals surface area contributed by atoms with Crippen molar-refractivity contribution in [3.63, 3.8) is 0 Å². The third-order valence-electron chi connectivity index (χ3n) is 3.14. The van der Waals surface area contributed by atoms with Crippen LogP contribution in [0.3, 0.4) is 0 Å². The van der Waals surface area contributed by atoms with Gasteiger partial charge < -0.3 is 0 Å². The molecule has 0 bridgehead atoms. The number of benzene rings is 1. The van der Waals surface area contributed by atoms with Crippen molar-refractivity contribution in [2.45, 2.75) is 12.8 Å². The Morgan fingerprint density at radius 1 is 1.38 bits per heavy atom. The van der Waals surface area contributed by atoms with Gasteiger partial charge in [-0.3, -0.25) is 4.57 Å². The molecule has 2 heterocycles. The standard InChI is InChI=1S/C15H10BrClN4/c1-9-4-12-15(19-8-9)21(14(6-17)20-12)13-3-2-11(16)5-10(13)7-18/h2-5,8H,6H2,1H3. The zero-order valence-corrected chi connectivity index (χ0v) is 13.5. The Kier molecular flexibility index (Phi) is 3.66. The summed E-state index contributed by atoms with van der Waals surface area (Å²) in [6.07, 6.45) is 1.78. The second kappa shape index (κ2) is 5.47. The lowest BCUT2D eigenvalue weighted by molar-refractivity contribution is 0.965. The number of rotatable bonds is 2. The lowest BCUT2D eigenvalue weighted by atomic mass is 10.2. The highest BCUT2D eigenvalue weighted by Gasteiger charge is 2.16. The molecule has 0 N–H and O–H groups in total. The van der Waals surface area contributed by atoms with Crippen LogP contribution in [-0.4, -0.2) is 14.5 Å². The van der Waals surface area contributed by atoms with Crippen molar-refractivity contribution >= 4 is 38.7 Å². The highest BCUT2D eigenvalue weighted by atomic mass is 79.9. The molecule has 21 heavy (non-hydrogen) atoms. The van der Waals surface area contributed by atoms with Crippen molar-refractivity contribution in [2.75, 3.05) is 0 Å². The normalized spacial score (nSPS) is 10.8. The lowest BCUT2D eigenvalue weighted by Crippen LogP contribution is -2.03. The van der Waals surface area contributed by atoms with Crippen LogP contribution in [0, 0.1) is 18.3 Å². The number of nitriles is 1. The van der Waals surface area contributed by atoms with Crippen molar-refractivity contribution in [3.8, 4) is 11.8 Å². The molecule has 0 saturated carbocycles. The summed E-state index contributed by atoms with van der Waals surface area (Å²) in [5, 5.41) is 9.36. The molecule has 0 atom stereocenters. The largest absolute Gasteiger partial charge is 0.278 e. The van der Waals surface area contributed by atoms with Gasteiger partial charge in [-0.25, -0.2) is 9.97 Å². The number of imidazole rings is 1. The van der Waals surface area contributed by atoms with Crippen LogP contribution < -0.4 is 0 Å². The van der Waals surface area contributed by atoms with Gasteiger partial charge in [0.15, 0.2) is 5.65 Å². The number of halogens is 2. The molecule has 6 heteroatoms. The third-order valence-corrected chi connectivity index (χ3v) is 3.88. The maximum absolute atomic E-state index is 9.36. The summed E-state index contributed by atoms with van der Waals surface area (Å²) < 4.78 is 2.69. The quantitative estimate of drug-likeness (QED) is 0.646. The molecule has 0 saturated heterocycles. The number of aromatic nitrogens is 3. The molecule has 3 aromatic rings. The SMILES string of the molecule is Cc1cnc2c(c1)nc(CCl)n2-c1ccc(Br)cc1C#N. The predicted octanol–water partition coefficient (Wildman–Crippen LogP) is 4.10. The van der Waals surface area contributed by atoms with E-state index in [2.05, 4.69) is 32.0 Å². The molecule has 0 spiro atoms. The van der Waals surface area contributed by atoms with E-state index in [0.717, 1.165) is 21.2 Å². The molecule has 104 valence electrons. The number of fused-ring (bicyclic) bond motifs is 1. The van der Waals surface area contributed by atoms with Crippen molar-refractivity contribution < 1.29 is 0 Å². The van der Waals surface area contributed by atoms with Gasteiger partial charge in [0.1, 0.15) is 17.4 Å². The summed E-state index contributed by atoms with van der Waals surface area (Å²) in [6.45, 7) is 1.96. The fraction of sp³-hybridized carbons (Fsp3) is 0.133. The van der Waals surface area contributed by atoms with Crippen LogP contribution in [0.5, 0.6) is 0 Å². The summed E-state index contributed by atoms with van der Waals surface area (Å²) in [5.74, 6) is 0.916. The molecular formula is C15H10BrClN4. The molecule has 0 unspecified atom stereocenters. The van der Waals surface area contributed by atoms with E-state index in [1.807, 2.05) is 29.7 Å². The van der Waals surface area contributed by atoms with Crippen LogP contribution in [0.25, 0.3) is 16.9 Å². The van der Waals surface area contributed by atoms with Gasteiger partial charge in [-0.2, -0.15) is 5.26 Å². The first-order valence-electron chi connectivity index (χ1n) is 6.24. The average molecular weight is 362 g/mol. The fourth-order valence-corrected chi connectivity index (χ4v) is 2.79. The Morgan fingerprint density at radius 3 is 2.90 bits per heavy atom. The minimum Gasteiger partial charge on any atom is -0.278 e. The molecule has 0 aliphatic carbocycles. The maximum Gasteiger partial charge on any atom is 0.164 e. The van der Waals surface area contributed by atoms with Gasteiger partial charge in [0.25, 0.3) is 0 Å². The summed E-state index contributed by atoms with van der Waals surface area (Å²) in [5.41, 5.74) is 3.78. The molecule has 3 rings (SSSR count). The van der Waals surface area contributed by atoms with Crippen LogP contribution in [0.1, 0.15) is 17.0 Å². The Hall–Kier alpha value is -1.90. The maximum atomic E-state index is 9.36. The van der Waals surface area contributed by atoms with Gasteiger partial charge in [0.05, 0.1) is 17.1 Å². The van der Waals surface area contributed by atoms with E-state index in [4.69, 9.17) is 11.6 Å². The second-order valence-electron chi connectivity index (χ2n) is 4.63. The highest BCUT2D eigenvalue weighted by molar-refractivity contribution is 9.10. The van der Waals surface area contributed by atoms with E-state index in [1.165, 1.54) is 0 Å². The Labute approximate surface area is 135 Å². The summed E-state index contributed by atoms with van der Waals surface area (Å²) >= 11 is 9.39. The van der Waals surface area contributed by atoms with Crippen molar-refractivity contribution in [3.05, 3.63) is 51.9 Å². The van der Waals surface area contributed by atoms with Gasteiger partial charge >= 0.3 is 0 Å². The zero-order chi connectivity index (χ0) is 15.0. The van der Waals surface area contributed by atoms with Crippen LogP contribution in [0.4, 0.5) is 0 Å². The smallest absolute Gasteiger partial charge is 0.164 e. The van der Waals surface area contributed by atoms with Crippen molar-refractivity contribution in [2.24, 2.45) is 0 Å². The average Bonchev–Trinajstić information content (AvgIpc) is 2.84. The molecule has 0 amide bonds. The monoisotopic (exact) mass is 360 g/mol. The number of aryl methyl sites for hydroxylation is 1. The fourth-order valence-electron chi connectivity index (χ4n) is 2.25. The number of hydrogen-bond acceptors (Lipinski definition) is 3. The summed E-state index contributed by atoms with van der Waals surface area (Å²) in [4.78, 5) is 8.96. The van der Waals surface area contributed by atoms with Crippen LogP contribution >= 0.6 is 27.5 Å². The number of nitrogens with zero attached hydrogens (tertiary/aromatic N) is 4. The number of pyridine rings is 1. The van der Waals surface area contributed by atoms with Gasteiger partial charge in [-0.15, -0.1) is 11.6 Å². The molecular weight excluding hydrogens is 352 g/mol. The van der Waals surface area contributed by atoms with E-state index >= 15 is 0 Å². The minimum atomic E-state index is 0.246. The summed E-state index contributed by atoms with van der Waals surface area (Å²) in [7, 11) is 0. The Morgan fingerprint density at radius 2 is 2.19 bits per heavy atom. The molecule has 4 nitrogen and oxygen atoms in total. The molecule has 2 aromatic heterocycles. The third kappa shape index (κ3) is 2.41. The first kappa shape index (κ1) is 14.1. The van der Waals surface area contributed by atoms with Crippen molar-refractivity contribution in [1.82, 2.24) is 14.5 Å². The Bertz CT molecular complexity index is 879. The molecule has 1 aromatic carbocycles. The van der Waals surface area contributed by atoms with E-state index in [1.54, 1.807) is 12.3 Å². The zero-order valence-electron chi connectivity index (χ0n) is 11.1. The Balaban J connectivity index is 2.37. The molecule has 0 aliphatic rings. The first-order chi connectivity index (χ1) is 10.1. The van der Waals surface area contributed by atoms with E-state index in [-0.39, 0.29) is 5.88 Å². The topological polar surface area (TPSA) is 54.5 Å². The first-order valence-corrected chi connectivity index (χ1v) is 7.56. The van der Waals surface area contributed by atoms with Gasteiger partial charge in [-0.1, -0.05) is 15.9 Å². The number of hydrogen-bond donors (Lipinski definition) is 0. The van der Waals surface area contributed by atoms with Crippen molar-refractivity contribution in [1.29, 1.82) is 5.26 Å². The predicted molar refractivity (Wildman–Crippen MR) is 85.6 cm³/mol. The van der Waals surface area contributed by atoms with E-state index in [9.17, 15) is 5.26 Å². The second-order valence-corrected chi connectivity index (χ2v) is 5.81. The molecule has 0 radical (unpaired) electrons. The summed E-state index contributed by atoms with van der Waals surface area (Å²) in [6, 6.07) is 9.68. The van der Waals surface area contributed by atoms with Gasteiger partial charge in [-0.05, 0) is 36.8 Å². The number of alkyl halides is 1. The lowest BCUT2D eigenvalue weighted by Gasteiger charge is -2.09. The van der Waals surface area contributed by atoms with Crippen LogP contribution in [-0.2, 0) is 5.88 Å². The van der Waals surface area contributed by atoms with Crippen LogP contribution in [0.15, 0.2) is 34.9 Å². The highest BCUT2D eigenvalue weighted by Crippen LogP contribution is 2.26.